The number of nitrogens with zero attached hydrogens (tertiary/aromatic N) is 1. The molecule has 1 aromatic heterocycles. The molecule has 1 aliphatic rings. The van der Waals surface area contributed by atoms with Gasteiger partial charge in [-0.1, -0.05) is 0 Å². The van der Waals surface area contributed by atoms with Crippen molar-refractivity contribution < 1.29 is 0 Å². The summed E-state index contributed by atoms with van der Waals surface area (Å²) in [7, 11) is 2.19. The highest BCUT2D eigenvalue weighted by Crippen LogP contribution is 2.31. The molecular weight excluding hydrogens is 238 g/mol. The number of aryl methyl sites for hydroxylation is 1. The topological polar surface area (TPSA) is 41.3 Å². The molecular formula is C11H19N3S2. The zero-order valence-electron chi connectivity index (χ0n) is 9.77. The monoisotopic (exact) mass is 257 g/mol. The minimum Gasteiger partial charge on any atom is -0.300 e. The highest BCUT2D eigenvalue weighted by atomic mass is 32.2. The van der Waals surface area contributed by atoms with Crippen LogP contribution in [-0.2, 0) is 0 Å². The van der Waals surface area contributed by atoms with E-state index in [1.807, 2.05) is 11.8 Å². The van der Waals surface area contributed by atoms with Gasteiger partial charge in [0.15, 0.2) is 0 Å². The van der Waals surface area contributed by atoms with E-state index < -0.39 is 0 Å². The first-order valence-corrected chi connectivity index (χ1v) is 7.55. The van der Waals surface area contributed by atoms with E-state index in [0.29, 0.717) is 6.04 Å². The van der Waals surface area contributed by atoms with Crippen LogP contribution in [0.2, 0.25) is 0 Å². The molecule has 1 saturated heterocycles. The molecule has 0 aliphatic carbocycles. The van der Waals surface area contributed by atoms with Crippen molar-refractivity contribution in [1.82, 2.24) is 10.3 Å². The molecule has 0 aromatic carbocycles. The zero-order chi connectivity index (χ0) is 11.5. The van der Waals surface area contributed by atoms with Gasteiger partial charge in [0.1, 0.15) is 0 Å². The molecule has 2 rings (SSSR count). The van der Waals surface area contributed by atoms with Crippen LogP contribution < -0.4 is 11.3 Å². The Labute approximate surface area is 105 Å². The predicted octanol–water partition coefficient (Wildman–Crippen LogP) is 1.61. The second-order valence-electron chi connectivity index (χ2n) is 4.24. The van der Waals surface area contributed by atoms with E-state index in [1.165, 1.54) is 16.2 Å². The van der Waals surface area contributed by atoms with Gasteiger partial charge in [0, 0.05) is 29.0 Å². The van der Waals surface area contributed by atoms with Gasteiger partial charge in [0.05, 0.1) is 6.04 Å². The third-order valence-electron chi connectivity index (χ3n) is 3.19. The molecule has 90 valence electrons. The van der Waals surface area contributed by atoms with Crippen molar-refractivity contribution in [2.75, 3.05) is 25.1 Å². The van der Waals surface area contributed by atoms with Crippen molar-refractivity contribution >= 4 is 23.1 Å². The van der Waals surface area contributed by atoms with Crippen molar-refractivity contribution in [3.05, 3.63) is 21.9 Å². The highest BCUT2D eigenvalue weighted by Gasteiger charge is 2.29. The largest absolute Gasteiger partial charge is 0.300 e. The van der Waals surface area contributed by atoms with Gasteiger partial charge in [-0.3, -0.25) is 16.2 Å². The summed E-state index contributed by atoms with van der Waals surface area (Å²) in [5.41, 5.74) is 4.35. The molecule has 16 heavy (non-hydrogen) atoms. The fraction of sp³-hybridized carbons (Fsp3) is 0.636. The summed E-state index contributed by atoms with van der Waals surface area (Å²) in [6, 6.07) is 2.93. The Balaban J connectivity index is 2.18. The molecule has 0 radical (unpaired) electrons. The van der Waals surface area contributed by atoms with Gasteiger partial charge in [-0.2, -0.15) is 11.8 Å². The molecule has 1 fully saturated rings. The first-order valence-electron chi connectivity index (χ1n) is 5.52. The average Bonchev–Trinajstić information content (AvgIpc) is 2.69. The molecule has 0 spiro atoms. The third-order valence-corrected chi connectivity index (χ3v) is 5.34. The lowest BCUT2D eigenvalue weighted by Crippen LogP contribution is -2.49. The van der Waals surface area contributed by atoms with E-state index in [4.69, 9.17) is 5.84 Å². The van der Waals surface area contributed by atoms with Gasteiger partial charge >= 0.3 is 0 Å². The number of thioether (sulfide) groups is 1. The summed E-state index contributed by atoms with van der Waals surface area (Å²) < 4.78 is 0. The van der Waals surface area contributed by atoms with E-state index in [-0.39, 0.29) is 6.04 Å². The number of hydrazine groups is 1. The van der Waals surface area contributed by atoms with E-state index in [0.717, 1.165) is 12.3 Å². The van der Waals surface area contributed by atoms with Crippen LogP contribution in [0.4, 0.5) is 0 Å². The Morgan fingerprint density at radius 1 is 1.62 bits per heavy atom. The van der Waals surface area contributed by atoms with E-state index >= 15 is 0 Å². The second kappa shape index (κ2) is 5.51. The van der Waals surface area contributed by atoms with Gasteiger partial charge < -0.3 is 0 Å². The summed E-state index contributed by atoms with van der Waals surface area (Å²) in [5, 5.41) is 2.14. The number of hydrogen-bond acceptors (Lipinski definition) is 5. The normalized spacial score (nSPS) is 24.6. The predicted molar refractivity (Wildman–Crippen MR) is 72.9 cm³/mol. The fourth-order valence-corrected chi connectivity index (χ4v) is 4.44. The van der Waals surface area contributed by atoms with Crippen LogP contribution in [0, 0.1) is 6.92 Å². The maximum atomic E-state index is 5.75. The number of rotatable bonds is 3. The maximum Gasteiger partial charge on any atom is 0.0718 e. The minimum absolute atomic E-state index is 0.262. The smallest absolute Gasteiger partial charge is 0.0718 e. The molecule has 2 heterocycles. The molecule has 3 N–H and O–H groups in total. The molecule has 5 heteroatoms. The first-order chi connectivity index (χ1) is 7.74. The molecule has 2 unspecified atom stereocenters. The van der Waals surface area contributed by atoms with Gasteiger partial charge in [-0.05, 0) is 31.0 Å². The Bertz CT molecular complexity index is 340. The highest BCUT2D eigenvalue weighted by molar-refractivity contribution is 7.99. The fourth-order valence-electron chi connectivity index (χ4n) is 2.12. The van der Waals surface area contributed by atoms with E-state index in [9.17, 15) is 0 Å². The minimum atomic E-state index is 0.262. The molecule has 0 saturated carbocycles. The number of hydrogen-bond donors (Lipinski definition) is 2. The number of nitrogens with one attached hydrogen (secondary N) is 1. The first kappa shape index (κ1) is 12.4. The van der Waals surface area contributed by atoms with E-state index in [2.05, 4.69) is 35.7 Å². The van der Waals surface area contributed by atoms with Crippen LogP contribution in [0.1, 0.15) is 16.5 Å². The average molecular weight is 257 g/mol. The van der Waals surface area contributed by atoms with Crippen LogP contribution in [0.15, 0.2) is 11.4 Å². The second-order valence-corrected chi connectivity index (χ2v) is 6.33. The lowest BCUT2D eigenvalue weighted by molar-refractivity contribution is 0.218. The molecule has 1 aromatic rings. The Morgan fingerprint density at radius 2 is 2.44 bits per heavy atom. The van der Waals surface area contributed by atoms with Crippen LogP contribution in [0.25, 0.3) is 0 Å². The molecule has 0 amide bonds. The molecule has 3 nitrogen and oxygen atoms in total. The SMILES string of the molecule is Cc1ccsc1C(NN)C1CSCCN1C. The summed E-state index contributed by atoms with van der Waals surface area (Å²) in [6.07, 6.45) is 0. The van der Waals surface area contributed by atoms with E-state index in [1.54, 1.807) is 11.3 Å². The van der Waals surface area contributed by atoms with Crippen LogP contribution in [-0.4, -0.2) is 36.0 Å². The number of thiophene rings is 1. The summed E-state index contributed by atoms with van der Waals surface area (Å²) >= 11 is 3.82. The Kier molecular flexibility index (Phi) is 4.27. The standard InChI is InChI=1S/C11H19N3S2/c1-8-3-5-16-11(8)10(13-12)9-7-15-6-4-14(9)2/h3,5,9-10,13H,4,6-7,12H2,1-2H3. The Morgan fingerprint density at radius 3 is 3.00 bits per heavy atom. The summed E-state index contributed by atoms with van der Waals surface area (Å²) in [5.74, 6) is 8.13. The number of likely N-dealkylation sites (N-methyl/N-ethyl adjacent to an activating group) is 1. The molecule has 2 atom stereocenters. The van der Waals surface area contributed by atoms with Gasteiger partial charge in [0.2, 0.25) is 0 Å². The lowest BCUT2D eigenvalue weighted by Gasteiger charge is -2.37. The molecule has 0 bridgehead atoms. The van der Waals surface area contributed by atoms with Gasteiger partial charge in [0.25, 0.3) is 0 Å². The van der Waals surface area contributed by atoms with Gasteiger partial charge in [-0.15, -0.1) is 11.3 Å². The Hall–Kier alpha value is -0.0700. The van der Waals surface area contributed by atoms with Crippen molar-refractivity contribution in [2.45, 2.75) is 19.0 Å². The van der Waals surface area contributed by atoms with Crippen LogP contribution in [0.3, 0.4) is 0 Å². The maximum absolute atomic E-state index is 5.75. The van der Waals surface area contributed by atoms with Crippen molar-refractivity contribution in [1.29, 1.82) is 0 Å². The van der Waals surface area contributed by atoms with Crippen LogP contribution >= 0.6 is 23.1 Å². The van der Waals surface area contributed by atoms with Crippen molar-refractivity contribution in [3.8, 4) is 0 Å². The number of nitrogens with two attached hydrogens (primary N) is 1. The summed E-state index contributed by atoms with van der Waals surface area (Å²) in [4.78, 5) is 3.79. The van der Waals surface area contributed by atoms with Crippen molar-refractivity contribution in [2.24, 2.45) is 5.84 Å². The van der Waals surface area contributed by atoms with Crippen LogP contribution in [0.5, 0.6) is 0 Å². The molecule has 1 aliphatic heterocycles. The zero-order valence-corrected chi connectivity index (χ0v) is 11.4. The quantitative estimate of drug-likeness (QED) is 0.638. The third kappa shape index (κ3) is 2.43. The lowest BCUT2D eigenvalue weighted by atomic mass is 10.0. The van der Waals surface area contributed by atoms with Crippen molar-refractivity contribution in [3.63, 3.8) is 0 Å². The van der Waals surface area contributed by atoms with Gasteiger partial charge in [-0.25, -0.2) is 0 Å². The summed E-state index contributed by atoms with van der Waals surface area (Å²) in [6.45, 7) is 3.31.